The van der Waals surface area contributed by atoms with Gasteiger partial charge in [-0.2, -0.15) is 10.4 Å². The van der Waals surface area contributed by atoms with Crippen LogP contribution in [0.2, 0.25) is 0 Å². The Labute approximate surface area is 138 Å². The van der Waals surface area contributed by atoms with Crippen molar-refractivity contribution in [3.8, 4) is 6.07 Å². The smallest absolute Gasteiger partial charge is 0.270 e. The molecule has 0 unspecified atom stereocenters. The number of aliphatic hydroxyl groups is 1. The highest BCUT2D eigenvalue weighted by molar-refractivity contribution is 5.93. The Bertz CT molecular complexity index is 760. The van der Waals surface area contributed by atoms with Crippen molar-refractivity contribution in [2.24, 2.45) is 0 Å². The third kappa shape index (κ3) is 3.61. The predicted octanol–water partition coefficient (Wildman–Crippen LogP) is -0.368. The topological polar surface area (TPSA) is 125 Å². The van der Waals surface area contributed by atoms with Crippen LogP contribution in [0.1, 0.15) is 27.7 Å². The lowest BCUT2D eigenvalue weighted by Gasteiger charge is -2.21. The number of carbonyl (C=O) groups is 1. The summed E-state index contributed by atoms with van der Waals surface area (Å²) in [5.74, 6) is 1.20. The van der Waals surface area contributed by atoms with Crippen LogP contribution in [0.3, 0.4) is 0 Å². The van der Waals surface area contributed by atoms with Gasteiger partial charge in [0, 0.05) is 32.4 Å². The molecule has 0 radical (unpaired) electrons. The maximum atomic E-state index is 12.5. The number of aryl methyl sites for hydroxylation is 1. The van der Waals surface area contributed by atoms with E-state index in [1.54, 1.807) is 4.90 Å². The molecular formula is C15H19N7O2. The summed E-state index contributed by atoms with van der Waals surface area (Å²) < 4.78 is 0. The molecule has 1 aliphatic rings. The van der Waals surface area contributed by atoms with Crippen molar-refractivity contribution in [2.45, 2.75) is 19.6 Å². The highest BCUT2D eigenvalue weighted by atomic mass is 16.3. The zero-order valence-corrected chi connectivity index (χ0v) is 13.4. The van der Waals surface area contributed by atoms with E-state index in [4.69, 9.17) is 5.26 Å². The minimum absolute atomic E-state index is 0.217. The minimum Gasteiger partial charge on any atom is -0.390 e. The van der Waals surface area contributed by atoms with Gasteiger partial charge in [-0.05, 0) is 13.0 Å². The van der Waals surface area contributed by atoms with Crippen LogP contribution < -0.4 is 0 Å². The lowest BCUT2D eigenvalue weighted by molar-refractivity contribution is 0.0658. The van der Waals surface area contributed by atoms with Crippen LogP contribution in [0, 0.1) is 18.3 Å². The average Bonchev–Trinajstić information content (AvgIpc) is 3.14. The second-order valence-corrected chi connectivity index (χ2v) is 5.89. The van der Waals surface area contributed by atoms with Gasteiger partial charge in [0.15, 0.2) is 5.82 Å². The number of aromatic amines is 2. The zero-order chi connectivity index (χ0) is 17.1. The summed E-state index contributed by atoms with van der Waals surface area (Å²) in [4.78, 5) is 23.2. The summed E-state index contributed by atoms with van der Waals surface area (Å²) >= 11 is 0. The number of aliphatic hydroxyl groups excluding tert-OH is 1. The number of β-amino-alcohol motifs (C(OH)–C–C–N with tert-alkyl or cyclic N) is 1. The standard InChI is InChI=1S/C15H19N7O2/c1-10-18-14(20-19-10)9-21-2-3-22(8-12(23)7-21)15(24)13-4-11(5-16)6-17-13/h4,6,12,17,23H,2-3,7-9H2,1H3,(H,18,19,20)/t12-/m1/s1. The van der Waals surface area contributed by atoms with Crippen molar-refractivity contribution in [2.75, 3.05) is 26.2 Å². The molecule has 9 nitrogen and oxygen atoms in total. The van der Waals surface area contributed by atoms with Gasteiger partial charge in [0.2, 0.25) is 0 Å². The molecule has 2 aromatic rings. The third-order valence-electron chi connectivity index (χ3n) is 3.92. The molecule has 2 aromatic heterocycles. The maximum absolute atomic E-state index is 12.5. The second-order valence-electron chi connectivity index (χ2n) is 5.89. The van der Waals surface area contributed by atoms with E-state index in [0.717, 1.165) is 5.82 Å². The lowest BCUT2D eigenvalue weighted by atomic mass is 10.2. The van der Waals surface area contributed by atoms with E-state index in [0.29, 0.717) is 43.3 Å². The molecule has 24 heavy (non-hydrogen) atoms. The monoisotopic (exact) mass is 329 g/mol. The molecule has 9 heteroatoms. The molecule has 0 spiro atoms. The Morgan fingerprint density at radius 2 is 2.33 bits per heavy atom. The van der Waals surface area contributed by atoms with Gasteiger partial charge in [-0.15, -0.1) is 0 Å². The molecular weight excluding hydrogens is 310 g/mol. The summed E-state index contributed by atoms with van der Waals surface area (Å²) in [6.07, 6.45) is 0.848. The average molecular weight is 329 g/mol. The summed E-state index contributed by atoms with van der Waals surface area (Å²) in [6.45, 7) is 4.15. The third-order valence-corrected chi connectivity index (χ3v) is 3.92. The van der Waals surface area contributed by atoms with Crippen molar-refractivity contribution < 1.29 is 9.90 Å². The number of nitriles is 1. The number of hydrogen-bond donors (Lipinski definition) is 3. The summed E-state index contributed by atoms with van der Waals surface area (Å²) in [6, 6.07) is 3.51. The molecule has 1 atom stereocenters. The molecule has 0 aromatic carbocycles. The molecule has 0 bridgehead atoms. The summed E-state index contributed by atoms with van der Waals surface area (Å²) in [7, 11) is 0. The first kappa shape index (κ1) is 16.2. The molecule has 1 saturated heterocycles. The van der Waals surface area contributed by atoms with E-state index >= 15 is 0 Å². The zero-order valence-electron chi connectivity index (χ0n) is 13.4. The van der Waals surface area contributed by atoms with Gasteiger partial charge in [0.1, 0.15) is 17.6 Å². The van der Waals surface area contributed by atoms with Gasteiger partial charge < -0.3 is 15.0 Å². The van der Waals surface area contributed by atoms with E-state index in [9.17, 15) is 9.90 Å². The largest absolute Gasteiger partial charge is 0.390 e. The fourth-order valence-electron chi connectivity index (χ4n) is 2.80. The summed E-state index contributed by atoms with van der Waals surface area (Å²) in [5, 5.41) is 26.0. The van der Waals surface area contributed by atoms with Gasteiger partial charge in [0.25, 0.3) is 5.91 Å². The quantitative estimate of drug-likeness (QED) is 0.706. The van der Waals surface area contributed by atoms with Crippen LogP contribution >= 0.6 is 0 Å². The van der Waals surface area contributed by atoms with E-state index in [1.807, 2.05) is 17.9 Å². The fraction of sp³-hybridized carbons (Fsp3) is 0.467. The number of nitrogens with one attached hydrogen (secondary N) is 2. The van der Waals surface area contributed by atoms with Crippen molar-refractivity contribution in [1.29, 1.82) is 5.26 Å². The number of amides is 1. The molecule has 1 fully saturated rings. The number of H-pyrrole nitrogens is 2. The van der Waals surface area contributed by atoms with E-state index in [1.165, 1.54) is 12.3 Å². The normalized spacial score (nSPS) is 19.0. The van der Waals surface area contributed by atoms with Crippen molar-refractivity contribution >= 4 is 5.91 Å². The minimum atomic E-state index is -0.651. The van der Waals surface area contributed by atoms with Crippen molar-refractivity contribution in [3.63, 3.8) is 0 Å². The molecule has 1 amide bonds. The highest BCUT2D eigenvalue weighted by Gasteiger charge is 2.26. The Hall–Kier alpha value is -2.70. The lowest BCUT2D eigenvalue weighted by Crippen LogP contribution is -2.37. The Morgan fingerprint density at radius 1 is 1.50 bits per heavy atom. The van der Waals surface area contributed by atoms with Crippen LogP contribution in [0.5, 0.6) is 0 Å². The molecule has 126 valence electrons. The highest BCUT2D eigenvalue weighted by Crippen LogP contribution is 2.11. The number of hydrogen-bond acceptors (Lipinski definition) is 6. The molecule has 3 heterocycles. The molecule has 0 aliphatic carbocycles. The molecule has 3 rings (SSSR count). The first-order chi connectivity index (χ1) is 11.5. The van der Waals surface area contributed by atoms with Crippen molar-refractivity contribution in [1.82, 2.24) is 30.0 Å². The Morgan fingerprint density at radius 3 is 3.00 bits per heavy atom. The Kier molecular flexibility index (Phi) is 4.59. The first-order valence-corrected chi connectivity index (χ1v) is 7.71. The van der Waals surface area contributed by atoms with Gasteiger partial charge in [0.05, 0.1) is 18.2 Å². The van der Waals surface area contributed by atoms with E-state index < -0.39 is 6.10 Å². The van der Waals surface area contributed by atoms with Crippen LogP contribution in [0.15, 0.2) is 12.3 Å². The van der Waals surface area contributed by atoms with E-state index in [2.05, 4.69) is 20.2 Å². The van der Waals surface area contributed by atoms with Crippen LogP contribution in [0.4, 0.5) is 0 Å². The predicted molar refractivity (Wildman–Crippen MR) is 83.8 cm³/mol. The van der Waals surface area contributed by atoms with Crippen LogP contribution in [-0.4, -0.2) is 73.3 Å². The summed E-state index contributed by atoms with van der Waals surface area (Å²) in [5.41, 5.74) is 0.770. The number of aromatic nitrogens is 4. The van der Waals surface area contributed by atoms with E-state index in [-0.39, 0.29) is 12.5 Å². The van der Waals surface area contributed by atoms with Gasteiger partial charge >= 0.3 is 0 Å². The molecule has 1 aliphatic heterocycles. The van der Waals surface area contributed by atoms with Gasteiger partial charge in [-0.25, -0.2) is 4.98 Å². The Balaban J connectivity index is 1.65. The van der Waals surface area contributed by atoms with Gasteiger partial charge in [-0.1, -0.05) is 0 Å². The SMILES string of the molecule is Cc1nc(CN2CCN(C(=O)c3cc(C#N)c[nH]3)C[C@H](O)C2)n[nH]1. The number of rotatable bonds is 3. The molecule has 3 N–H and O–H groups in total. The number of nitrogens with zero attached hydrogens (tertiary/aromatic N) is 5. The second kappa shape index (κ2) is 6.82. The number of carbonyl (C=O) groups excluding carboxylic acids is 1. The molecule has 0 saturated carbocycles. The fourth-order valence-corrected chi connectivity index (χ4v) is 2.80. The van der Waals surface area contributed by atoms with Crippen LogP contribution in [0.25, 0.3) is 0 Å². The first-order valence-electron chi connectivity index (χ1n) is 7.71. The van der Waals surface area contributed by atoms with Gasteiger partial charge in [-0.3, -0.25) is 14.8 Å². The van der Waals surface area contributed by atoms with Crippen molar-refractivity contribution in [3.05, 3.63) is 35.2 Å². The maximum Gasteiger partial charge on any atom is 0.270 e. The van der Waals surface area contributed by atoms with Crippen LogP contribution in [-0.2, 0) is 6.54 Å².